The van der Waals surface area contributed by atoms with Crippen LogP contribution in [0.2, 0.25) is 0 Å². The van der Waals surface area contributed by atoms with E-state index >= 15 is 0 Å². The smallest absolute Gasteiger partial charge is 0.170 e. The molecule has 1 aromatic carbocycles. The zero-order chi connectivity index (χ0) is 20.9. The van der Waals surface area contributed by atoms with Crippen LogP contribution < -0.4 is 15.5 Å². The minimum Gasteiger partial charge on any atom is -0.361 e. The first-order chi connectivity index (χ1) is 14.6. The molecule has 0 atom stereocenters. The Kier molecular flexibility index (Phi) is 7.02. The van der Waals surface area contributed by atoms with Gasteiger partial charge in [-0.3, -0.25) is 0 Å². The second kappa shape index (κ2) is 9.90. The Labute approximate surface area is 185 Å². The number of hydrogen-bond donors (Lipinski definition) is 2. The highest BCUT2D eigenvalue weighted by Crippen LogP contribution is 2.26. The Morgan fingerprint density at radius 3 is 2.53 bits per heavy atom. The number of nitrogens with one attached hydrogen (secondary N) is 2. The molecule has 2 saturated heterocycles. The molecule has 0 aliphatic carbocycles. The van der Waals surface area contributed by atoms with Crippen molar-refractivity contribution in [3.63, 3.8) is 0 Å². The minimum absolute atomic E-state index is 0.685. The first-order valence-corrected chi connectivity index (χ1v) is 11.7. The summed E-state index contributed by atoms with van der Waals surface area (Å²) < 4.78 is 0. The molecule has 4 rings (SSSR count). The monoisotopic (exact) mass is 426 g/mol. The van der Waals surface area contributed by atoms with Gasteiger partial charge in [0.2, 0.25) is 0 Å². The summed E-state index contributed by atoms with van der Waals surface area (Å²) in [7, 11) is 0. The number of aromatic nitrogens is 1. The summed E-state index contributed by atoms with van der Waals surface area (Å²) in [5, 5.41) is 8.53. The summed E-state index contributed by atoms with van der Waals surface area (Å²) in [5.41, 5.74) is 3.31. The number of fused-ring (bicyclic) bond motifs is 1. The molecule has 0 unspecified atom stereocenters. The predicted molar refractivity (Wildman–Crippen MR) is 131 cm³/mol. The van der Waals surface area contributed by atoms with E-state index in [-0.39, 0.29) is 0 Å². The number of nitrogens with zero attached hydrogens (tertiary/aromatic N) is 4. The van der Waals surface area contributed by atoms with Crippen LogP contribution in [0.25, 0.3) is 10.9 Å². The molecule has 6 nitrogen and oxygen atoms in total. The van der Waals surface area contributed by atoms with E-state index in [2.05, 4.69) is 63.4 Å². The van der Waals surface area contributed by atoms with Crippen molar-refractivity contribution >= 4 is 39.7 Å². The van der Waals surface area contributed by atoms with Crippen LogP contribution in [0.3, 0.4) is 0 Å². The molecule has 2 N–H and O–H groups in total. The Bertz CT molecular complexity index is 871. The average molecular weight is 427 g/mol. The van der Waals surface area contributed by atoms with Crippen molar-refractivity contribution in [2.75, 3.05) is 69.1 Å². The fraction of sp³-hybridized carbons (Fsp3) is 0.565. The van der Waals surface area contributed by atoms with Crippen LogP contribution in [-0.2, 0) is 0 Å². The molecule has 2 aromatic rings. The van der Waals surface area contributed by atoms with Crippen LogP contribution >= 0.6 is 12.2 Å². The van der Waals surface area contributed by atoms with E-state index < -0.39 is 0 Å². The Morgan fingerprint density at radius 2 is 1.80 bits per heavy atom. The number of anilines is 2. The van der Waals surface area contributed by atoms with Gasteiger partial charge in [0, 0.05) is 50.3 Å². The second-order valence-corrected chi connectivity index (χ2v) is 8.79. The van der Waals surface area contributed by atoms with E-state index in [0.717, 1.165) is 62.8 Å². The van der Waals surface area contributed by atoms with Crippen LogP contribution in [0.15, 0.2) is 24.3 Å². The van der Waals surface area contributed by atoms with E-state index in [0.29, 0.717) is 5.11 Å². The molecule has 0 saturated carbocycles. The van der Waals surface area contributed by atoms with E-state index in [4.69, 9.17) is 17.2 Å². The van der Waals surface area contributed by atoms with Gasteiger partial charge in [-0.1, -0.05) is 6.92 Å². The van der Waals surface area contributed by atoms with Crippen LogP contribution in [0.1, 0.15) is 25.3 Å². The van der Waals surface area contributed by atoms with E-state index in [9.17, 15) is 0 Å². The lowest BCUT2D eigenvalue weighted by molar-refractivity contribution is 0.270. The van der Waals surface area contributed by atoms with Crippen LogP contribution in [0.4, 0.5) is 11.5 Å². The van der Waals surface area contributed by atoms with Gasteiger partial charge in [-0.2, -0.15) is 0 Å². The molecule has 1 aromatic heterocycles. The third-order valence-corrected chi connectivity index (χ3v) is 6.56. The average Bonchev–Trinajstić information content (AvgIpc) is 3.27. The number of benzene rings is 1. The van der Waals surface area contributed by atoms with Crippen molar-refractivity contribution in [1.29, 1.82) is 0 Å². The fourth-order valence-corrected chi connectivity index (χ4v) is 4.64. The van der Waals surface area contributed by atoms with E-state index in [1.165, 1.54) is 36.9 Å². The molecule has 2 fully saturated rings. The van der Waals surface area contributed by atoms with Crippen LogP contribution in [0, 0.1) is 6.92 Å². The molecule has 7 heteroatoms. The molecule has 162 valence electrons. The van der Waals surface area contributed by atoms with Crippen molar-refractivity contribution in [2.24, 2.45) is 0 Å². The number of likely N-dealkylation sites (N-methyl/N-ethyl adjacent to an activating group) is 1. The maximum Gasteiger partial charge on any atom is 0.170 e. The normalized spacial score (nSPS) is 18.1. The number of rotatable bonds is 6. The first kappa shape index (κ1) is 21.3. The Morgan fingerprint density at radius 1 is 1.03 bits per heavy atom. The summed E-state index contributed by atoms with van der Waals surface area (Å²) in [5.74, 6) is 1.09. The van der Waals surface area contributed by atoms with Crippen molar-refractivity contribution in [2.45, 2.75) is 26.7 Å². The van der Waals surface area contributed by atoms with Gasteiger partial charge in [0.15, 0.2) is 5.11 Å². The summed E-state index contributed by atoms with van der Waals surface area (Å²) >= 11 is 5.49. The SMILES string of the molecule is CCN1CCN(c2cc(C)c3cc(NC(=S)NCCN4CCCC4)ccc3n2)CC1. The van der Waals surface area contributed by atoms with Crippen molar-refractivity contribution < 1.29 is 0 Å². The molecule has 30 heavy (non-hydrogen) atoms. The number of thiocarbonyl (C=S) groups is 1. The molecule has 2 aliphatic heterocycles. The lowest BCUT2D eigenvalue weighted by atomic mass is 10.1. The highest BCUT2D eigenvalue weighted by atomic mass is 32.1. The standard InChI is InChI=1S/C23H34N6S/c1-3-27-12-14-29(15-13-27)22-16-18(2)20-17-19(6-7-21(20)26-22)25-23(30)24-8-11-28-9-4-5-10-28/h6-7,16-17H,3-5,8-15H2,1-2H3,(H2,24,25,30). The molecular weight excluding hydrogens is 392 g/mol. The maximum absolute atomic E-state index is 5.49. The highest BCUT2D eigenvalue weighted by molar-refractivity contribution is 7.80. The molecule has 0 spiro atoms. The number of pyridine rings is 1. The molecular formula is C23H34N6S. The molecule has 0 radical (unpaired) electrons. The maximum atomic E-state index is 5.49. The number of piperazine rings is 1. The minimum atomic E-state index is 0.685. The quantitative estimate of drug-likeness (QED) is 0.689. The summed E-state index contributed by atoms with van der Waals surface area (Å²) in [6.07, 6.45) is 2.65. The van der Waals surface area contributed by atoms with Crippen molar-refractivity contribution in [3.05, 3.63) is 29.8 Å². The molecule has 2 aliphatic rings. The predicted octanol–water partition coefficient (Wildman–Crippen LogP) is 3.07. The third kappa shape index (κ3) is 5.20. The summed E-state index contributed by atoms with van der Waals surface area (Å²) in [6, 6.07) is 8.55. The van der Waals surface area contributed by atoms with Crippen LogP contribution in [0.5, 0.6) is 0 Å². The lowest BCUT2D eigenvalue weighted by Crippen LogP contribution is -2.46. The Hall–Kier alpha value is -1.96. The van der Waals surface area contributed by atoms with Crippen molar-refractivity contribution in [1.82, 2.24) is 20.1 Å². The van der Waals surface area contributed by atoms with Gasteiger partial charge >= 0.3 is 0 Å². The zero-order valence-corrected chi connectivity index (χ0v) is 19.1. The fourth-order valence-electron chi connectivity index (χ4n) is 4.42. The van der Waals surface area contributed by atoms with Crippen molar-refractivity contribution in [3.8, 4) is 0 Å². The number of likely N-dealkylation sites (tertiary alicyclic amines) is 1. The molecule has 3 heterocycles. The zero-order valence-electron chi connectivity index (χ0n) is 18.3. The molecule has 0 bridgehead atoms. The highest BCUT2D eigenvalue weighted by Gasteiger charge is 2.18. The van der Waals surface area contributed by atoms with Gasteiger partial charge in [-0.05, 0) is 81.4 Å². The summed E-state index contributed by atoms with van der Waals surface area (Å²) in [6.45, 7) is 14.2. The number of hydrogen-bond acceptors (Lipinski definition) is 5. The summed E-state index contributed by atoms with van der Waals surface area (Å²) in [4.78, 5) is 12.3. The largest absolute Gasteiger partial charge is 0.361 e. The van der Waals surface area contributed by atoms with Gasteiger partial charge < -0.3 is 25.3 Å². The van der Waals surface area contributed by atoms with Gasteiger partial charge in [0.25, 0.3) is 0 Å². The van der Waals surface area contributed by atoms with Gasteiger partial charge in [-0.25, -0.2) is 4.98 Å². The third-order valence-electron chi connectivity index (χ3n) is 6.32. The lowest BCUT2D eigenvalue weighted by Gasteiger charge is -2.35. The first-order valence-electron chi connectivity index (χ1n) is 11.3. The van der Waals surface area contributed by atoms with E-state index in [1.807, 2.05) is 0 Å². The van der Waals surface area contributed by atoms with Gasteiger partial charge in [0.1, 0.15) is 5.82 Å². The van der Waals surface area contributed by atoms with E-state index in [1.54, 1.807) is 0 Å². The second-order valence-electron chi connectivity index (χ2n) is 8.38. The number of aryl methyl sites for hydroxylation is 1. The van der Waals surface area contributed by atoms with Crippen LogP contribution in [-0.4, -0.2) is 78.8 Å². The molecule has 0 amide bonds. The Balaban J connectivity index is 1.37. The topological polar surface area (TPSA) is 46.7 Å². The van der Waals surface area contributed by atoms with Gasteiger partial charge in [0.05, 0.1) is 5.52 Å². The van der Waals surface area contributed by atoms with Gasteiger partial charge in [-0.15, -0.1) is 0 Å².